The van der Waals surface area contributed by atoms with Gasteiger partial charge in [-0.3, -0.25) is 9.59 Å². The summed E-state index contributed by atoms with van der Waals surface area (Å²) in [7, 11) is 2.10. The van der Waals surface area contributed by atoms with E-state index in [1.165, 1.54) is 44.9 Å². The number of piperidine rings is 1. The molecule has 0 bridgehead atoms. The third-order valence-corrected chi connectivity index (χ3v) is 15.4. The number of hydrogen-bond donors (Lipinski definition) is 5. The minimum absolute atomic E-state index is 0.0923. The number of Topliss-reactive ketones (excluding diaryl/α,β-unsaturated/α-hetero) is 2. The van der Waals surface area contributed by atoms with Gasteiger partial charge in [0.15, 0.2) is 17.2 Å². The Labute approximate surface area is 317 Å². The molecule has 10 heteroatoms. The first kappa shape index (κ1) is 39.3. The number of carbonyl (C=O) groups excluding carboxylic acids is 3. The van der Waals surface area contributed by atoms with Crippen LogP contribution < -0.4 is 21.3 Å². The van der Waals surface area contributed by atoms with Crippen LogP contribution in [-0.2, 0) is 23.9 Å². The highest BCUT2D eigenvalue weighted by atomic mass is 16.7. The molecule has 6 fully saturated rings. The summed E-state index contributed by atoms with van der Waals surface area (Å²) in [5, 5.41) is 21.7. The van der Waals surface area contributed by atoms with Crippen molar-refractivity contribution in [3.05, 3.63) is 23.3 Å². The summed E-state index contributed by atoms with van der Waals surface area (Å²) in [5.41, 5.74) is -1.46. The molecule has 0 aromatic carbocycles. The SMILES string of the molecule is CC[NH2+]C1CC2C=CCCC2CC1COC(=O)C12OC1(CC(CO)=C(C)CC1(C3CC[NH2+]C(NC[NH2+]C)C3)CCCCC1)C(=O)C1CCCCC1C2=O. The minimum atomic E-state index is -1.89. The van der Waals surface area contributed by atoms with Gasteiger partial charge in [0, 0.05) is 43.4 Å². The number of quaternary nitrogens is 3. The van der Waals surface area contributed by atoms with E-state index in [1.807, 2.05) is 0 Å². The van der Waals surface area contributed by atoms with Crippen LogP contribution in [0.15, 0.2) is 23.3 Å². The van der Waals surface area contributed by atoms with Gasteiger partial charge in [-0.25, -0.2) is 10.1 Å². The third-order valence-electron chi connectivity index (χ3n) is 15.4. The second-order valence-electron chi connectivity index (χ2n) is 18.4. The monoisotopic (exact) mass is 740 g/mol. The third kappa shape index (κ3) is 7.39. The van der Waals surface area contributed by atoms with E-state index in [9.17, 15) is 19.5 Å². The fourth-order valence-electron chi connectivity index (χ4n) is 12.5. The van der Waals surface area contributed by atoms with E-state index in [0.717, 1.165) is 75.9 Å². The number of epoxide rings is 1. The van der Waals surface area contributed by atoms with E-state index in [0.29, 0.717) is 42.8 Å². The fourth-order valence-corrected chi connectivity index (χ4v) is 12.5. The van der Waals surface area contributed by atoms with Gasteiger partial charge in [0.1, 0.15) is 12.8 Å². The van der Waals surface area contributed by atoms with Crippen molar-refractivity contribution in [3.63, 3.8) is 0 Å². The van der Waals surface area contributed by atoms with Gasteiger partial charge in [-0.05, 0) is 94.0 Å². The van der Waals surface area contributed by atoms with Crippen LogP contribution in [0.25, 0.3) is 0 Å². The van der Waals surface area contributed by atoms with Crippen LogP contribution in [0.5, 0.6) is 0 Å². The zero-order chi connectivity index (χ0) is 37.2. The number of allylic oxidation sites excluding steroid dienone is 3. The number of carbonyl (C=O) groups is 3. The Morgan fingerprint density at radius 2 is 1.79 bits per heavy atom. The highest BCUT2D eigenvalue weighted by molar-refractivity contribution is 6.23. The topological polar surface area (TPSA) is 155 Å². The predicted octanol–water partition coefficient (Wildman–Crippen LogP) is 2.02. The Morgan fingerprint density at radius 1 is 1.02 bits per heavy atom. The summed E-state index contributed by atoms with van der Waals surface area (Å²) < 4.78 is 12.7. The van der Waals surface area contributed by atoms with Crippen LogP contribution in [0.2, 0.25) is 0 Å². The van der Waals surface area contributed by atoms with Crippen molar-refractivity contribution in [1.82, 2.24) is 5.32 Å². The van der Waals surface area contributed by atoms with E-state index in [2.05, 4.69) is 54.3 Å². The molecule has 10 nitrogen and oxygen atoms in total. The van der Waals surface area contributed by atoms with Gasteiger partial charge in [0.25, 0.3) is 5.60 Å². The largest absolute Gasteiger partial charge is 0.463 e. The minimum Gasteiger partial charge on any atom is -0.463 e. The van der Waals surface area contributed by atoms with Gasteiger partial charge < -0.3 is 30.5 Å². The van der Waals surface area contributed by atoms with Gasteiger partial charge in [-0.15, -0.1) is 0 Å². The molecule has 2 saturated heterocycles. The molecule has 0 aromatic rings. The Bertz CT molecular complexity index is 1410. The highest BCUT2D eigenvalue weighted by Gasteiger charge is 2.87. The van der Waals surface area contributed by atoms with Crippen molar-refractivity contribution in [2.75, 3.05) is 40.0 Å². The number of nitrogens with one attached hydrogen (secondary N) is 1. The van der Waals surface area contributed by atoms with E-state index in [-0.39, 0.29) is 42.5 Å². The average Bonchev–Trinajstić information content (AvgIpc) is 3.89. The second kappa shape index (κ2) is 16.6. The Hall–Kier alpha value is -1.95. The van der Waals surface area contributed by atoms with E-state index in [1.54, 1.807) is 0 Å². The van der Waals surface area contributed by atoms with E-state index >= 15 is 0 Å². The molecule has 0 aromatic heterocycles. The number of esters is 1. The van der Waals surface area contributed by atoms with Gasteiger partial charge in [0.05, 0.1) is 39.4 Å². The molecule has 10 unspecified atom stereocenters. The predicted molar refractivity (Wildman–Crippen MR) is 201 cm³/mol. The molecular weight excluding hydrogens is 668 g/mol. The molecule has 10 atom stereocenters. The molecule has 0 amide bonds. The first-order chi connectivity index (χ1) is 25.7. The van der Waals surface area contributed by atoms with Crippen molar-refractivity contribution in [2.24, 2.45) is 40.9 Å². The van der Waals surface area contributed by atoms with Gasteiger partial charge in [0.2, 0.25) is 0 Å². The van der Waals surface area contributed by atoms with Crippen LogP contribution in [0.1, 0.15) is 123 Å². The summed E-state index contributed by atoms with van der Waals surface area (Å²) in [4.78, 5) is 43.7. The number of rotatable bonds is 14. The Kier molecular flexibility index (Phi) is 12.3. The van der Waals surface area contributed by atoms with Gasteiger partial charge in [-0.2, -0.15) is 0 Å². The maximum Gasteiger partial charge on any atom is 0.350 e. The molecule has 0 spiro atoms. The molecule has 7 aliphatic rings. The lowest BCUT2D eigenvalue weighted by Gasteiger charge is -2.47. The molecule has 0 radical (unpaired) electrons. The van der Waals surface area contributed by atoms with Crippen LogP contribution in [0.4, 0.5) is 0 Å². The molecule has 4 saturated carbocycles. The number of aliphatic hydroxyl groups is 1. The van der Waals surface area contributed by atoms with Crippen molar-refractivity contribution in [2.45, 2.75) is 146 Å². The maximum absolute atomic E-state index is 14.7. The van der Waals surface area contributed by atoms with Crippen molar-refractivity contribution in [3.8, 4) is 0 Å². The van der Waals surface area contributed by atoms with Crippen LogP contribution >= 0.6 is 0 Å². The molecule has 296 valence electrons. The highest BCUT2D eigenvalue weighted by Crippen LogP contribution is 2.62. The fraction of sp³-hybridized carbons (Fsp3) is 0.837. The number of aliphatic hydroxyl groups excluding tert-OH is 1. The van der Waals surface area contributed by atoms with Gasteiger partial charge in [-0.1, -0.05) is 49.8 Å². The normalized spacial score (nSPS) is 39.7. The molecule has 53 heavy (non-hydrogen) atoms. The smallest absolute Gasteiger partial charge is 0.350 e. The molecule has 2 aliphatic heterocycles. The van der Waals surface area contributed by atoms with Crippen LogP contribution in [-0.4, -0.2) is 86.1 Å². The quantitative estimate of drug-likeness (QED) is 0.0601. The summed E-state index contributed by atoms with van der Waals surface area (Å²) >= 11 is 0. The number of ether oxygens (including phenoxy) is 2. The average molecular weight is 740 g/mol. The molecular formula is C43H71N4O6+3. The Morgan fingerprint density at radius 3 is 2.53 bits per heavy atom. The second-order valence-corrected chi connectivity index (χ2v) is 18.4. The summed E-state index contributed by atoms with van der Waals surface area (Å²) in [5.74, 6) is 0.0110. The summed E-state index contributed by atoms with van der Waals surface area (Å²) in [6, 6.07) is 0.349. The first-order valence-electron chi connectivity index (χ1n) is 21.8. The zero-order valence-corrected chi connectivity index (χ0v) is 33.1. The summed E-state index contributed by atoms with van der Waals surface area (Å²) in [6.45, 7) is 7.32. The van der Waals surface area contributed by atoms with Crippen molar-refractivity contribution >= 4 is 17.5 Å². The number of fused-ring (bicyclic) bond motifs is 3. The number of ketones is 2. The number of hydrogen-bond acceptors (Lipinski definition) is 7. The summed E-state index contributed by atoms with van der Waals surface area (Å²) in [6.07, 6.45) is 21.8. The first-order valence-corrected chi connectivity index (χ1v) is 21.8. The van der Waals surface area contributed by atoms with E-state index in [4.69, 9.17) is 9.47 Å². The molecule has 5 aliphatic carbocycles. The lowest BCUT2D eigenvalue weighted by atomic mass is 9.59. The standard InChI is InChI=1S/C43H68N4O6/c1-4-45-36-21-30-13-7-6-12-29(30)20-31(36)26-52-40(51)43-39(50)35-15-9-8-14-34(35)38(49)42(43,53-43)24-32(25-48)28(2)23-41(17-10-5-11-18-41)33-16-19-46-37(22-33)47-27-44-3/h7,13,29-31,33-37,44-48H,4-6,8-12,14-27H2,1-3H3/p+3. The van der Waals surface area contributed by atoms with Gasteiger partial charge >= 0.3 is 5.97 Å². The zero-order valence-electron chi connectivity index (χ0n) is 33.1. The van der Waals surface area contributed by atoms with Crippen LogP contribution in [0, 0.1) is 40.9 Å². The van der Waals surface area contributed by atoms with Crippen LogP contribution in [0.3, 0.4) is 0 Å². The number of nitrogens with two attached hydrogens (primary N) is 3. The van der Waals surface area contributed by atoms with E-state index < -0.39 is 29.0 Å². The lowest BCUT2D eigenvalue weighted by Crippen LogP contribution is -2.98. The lowest BCUT2D eigenvalue weighted by molar-refractivity contribution is -0.717. The Balaban J connectivity index is 1.13. The van der Waals surface area contributed by atoms with Crippen molar-refractivity contribution < 1.29 is 44.9 Å². The molecule has 8 N–H and O–H groups in total. The molecule has 2 heterocycles. The molecule has 7 rings (SSSR count). The van der Waals surface area contributed by atoms with Crippen molar-refractivity contribution in [1.29, 1.82) is 0 Å². The maximum atomic E-state index is 14.7.